The van der Waals surface area contributed by atoms with Crippen molar-refractivity contribution in [2.75, 3.05) is 14.1 Å². The third-order valence-corrected chi connectivity index (χ3v) is 5.88. The van der Waals surface area contributed by atoms with Crippen LogP contribution in [0.3, 0.4) is 0 Å². The topological polar surface area (TPSA) is 34.2 Å². The average molecular weight is 289 g/mol. The fourth-order valence-electron chi connectivity index (χ4n) is 4.54. The number of nitrogens with two attached hydrogens (primary N) is 1. The molecule has 0 amide bonds. The van der Waals surface area contributed by atoms with Crippen molar-refractivity contribution in [3.8, 4) is 0 Å². The molecule has 1 saturated carbocycles. The summed E-state index contributed by atoms with van der Waals surface area (Å²) in [7, 11) is 4.49. The van der Waals surface area contributed by atoms with Crippen LogP contribution in [-0.4, -0.2) is 29.1 Å². The Balaban J connectivity index is 1.91. The lowest BCUT2D eigenvalue weighted by molar-refractivity contribution is 0.131. The van der Waals surface area contributed by atoms with Gasteiger partial charge in [0.2, 0.25) is 0 Å². The molecule has 3 heteroatoms. The first-order chi connectivity index (χ1) is 9.83. The molecule has 1 aromatic heterocycles. The molecule has 21 heavy (non-hydrogen) atoms. The molecular formula is C18H31N3. The normalized spacial score (nSPS) is 27.0. The van der Waals surface area contributed by atoms with E-state index in [1.807, 2.05) is 0 Å². The van der Waals surface area contributed by atoms with Crippen LogP contribution in [-0.2, 0) is 13.0 Å². The maximum Gasteiger partial charge on any atom is 0.0407 e. The molecule has 0 radical (unpaired) electrons. The fraction of sp³-hybridized carbons (Fsp3) is 0.778. The second-order valence-electron chi connectivity index (χ2n) is 8.32. The van der Waals surface area contributed by atoms with Gasteiger partial charge in [-0.25, -0.2) is 0 Å². The standard InChI is InChI=1S/C18H31N3/c1-17(2)11-15(19)14-7-10-21(16(14)12-17)13-18(20(3)4)8-5-6-9-18/h7,10,15H,5-6,8-9,11-13,19H2,1-4H3. The zero-order chi connectivity index (χ0) is 15.3. The van der Waals surface area contributed by atoms with E-state index in [1.165, 1.54) is 36.9 Å². The summed E-state index contributed by atoms with van der Waals surface area (Å²) in [5.41, 5.74) is 9.96. The van der Waals surface area contributed by atoms with Gasteiger partial charge in [0.05, 0.1) is 0 Å². The van der Waals surface area contributed by atoms with E-state index < -0.39 is 0 Å². The van der Waals surface area contributed by atoms with Gasteiger partial charge in [0.15, 0.2) is 0 Å². The van der Waals surface area contributed by atoms with Gasteiger partial charge in [-0.05, 0) is 56.8 Å². The second kappa shape index (κ2) is 5.13. The fourth-order valence-corrected chi connectivity index (χ4v) is 4.54. The number of likely N-dealkylation sites (N-methyl/N-ethyl adjacent to an activating group) is 1. The summed E-state index contributed by atoms with van der Waals surface area (Å²) >= 11 is 0. The van der Waals surface area contributed by atoms with Gasteiger partial charge >= 0.3 is 0 Å². The zero-order valence-corrected chi connectivity index (χ0v) is 14.2. The summed E-state index contributed by atoms with van der Waals surface area (Å²) in [5, 5.41) is 0. The summed E-state index contributed by atoms with van der Waals surface area (Å²) in [6.07, 6.45) is 9.93. The van der Waals surface area contributed by atoms with E-state index in [9.17, 15) is 0 Å². The van der Waals surface area contributed by atoms with E-state index in [0.29, 0.717) is 11.0 Å². The van der Waals surface area contributed by atoms with Crippen molar-refractivity contribution in [3.05, 3.63) is 23.5 Å². The van der Waals surface area contributed by atoms with E-state index >= 15 is 0 Å². The van der Waals surface area contributed by atoms with Crippen molar-refractivity contribution in [2.24, 2.45) is 11.1 Å². The predicted molar refractivity (Wildman–Crippen MR) is 88.3 cm³/mol. The first-order valence-corrected chi connectivity index (χ1v) is 8.44. The van der Waals surface area contributed by atoms with Gasteiger partial charge in [-0.15, -0.1) is 0 Å². The Morgan fingerprint density at radius 1 is 1.29 bits per heavy atom. The quantitative estimate of drug-likeness (QED) is 0.926. The molecule has 118 valence electrons. The van der Waals surface area contributed by atoms with Crippen LogP contribution in [0.4, 0.5) is 0 Å². The highest BCUT2D eigenvalue weighted by Gasteiger charge is 2.38. The lowest BCUT2D eigenvalue weighted by Gasteiger charge is -2.39. The van der Waals surface area contributed by atoms with Crippen molar-refractivity contribution in [2.45, 2.75) is 70.5 Å². The molecule has 2 N–H and O–H groups in total. The van der Waals surface area contributed by atoms with Crippen molar-refractivity contribution in [3.63, 3.8) is 0 Å². The Labute approximate surface area is 129 Å². The van der Waals surface area contributed by atoms with Gasteiger partial charge < -0.3 is 15.2 Å². The summed E-state index contributed by atoms with van der Waals surface area (Å²) in [5.74, 6) is 0. The molecule has 2 aliphatic rings. The Bertz CT molecular complexity index is 507. The van der Waals surface area contributed by atoms with Crippen LogP contribution in [0.15, 0.2) is 12.3 Å². The Morgan fingerprint density at radius 2 is 1.95 bits per heavy atom. The van der Waals surface area contributed by atoms with Crippen molar-refractivity contribution >= 4 is 0 Å². The smallest absolute Gasteiger partial charge is 0.0407 e. The summed E-state index contributed by atoms with van der Waals surface area (Å²) in [6.45, 7) is 5.83. The van der Waals surface area contributed by atoms with Crippen LogP contribution < -0.4 is 5.73 Å². The van der Waals surface area contributed by atoms with Gasteiger partial charge in [0.1, 0.15) is 0 Å². The Kier molecular flexibility index (Phi) is 3.69. The molecule has 2 aliphatic carbocycles. The largest absolute Gasteiger partial charge is 0.349 e. The SMILES string of the molecule is CN(C)C1(Cn2ccc3c2CC(C)(C)CC3N)CCCC1. The minimum atomic E-state index is 0.212. The number of rotatable bonds is 3. The molecule has 0 aromatic carbocycles. The van der Waals surface area contributed by atoms with Crippen LogP contribution in [0, 0.1) is 5.41 Å². The number of hydrogen-bond acceptors (Lipinski definition) is 2. The minimum absolute atomic E-state index is 0.212. The molecule has 1 unspecified atom stereocenters. The molecule has 0 aliphatic heterocycles. The number of nitrogens with zero attached hydrogens (tertiary/aromatic N) is 2. The molecule has 0 saturated heterocycles. The lowest BCUT2D eigenvalue weighted by atomic mass is 9.74. The van der Waals surface area contributed by atoms with Crippen LogP contribution in [0.2, 0.25) is 0 Å². The molecule has 0 bridgehead atoms. The lowest BCUT2D eigenvalue weighted by Crippen LogP contribution is -2.45. The first-order valence-electron chi connectivity index (χ1n) is 8.44. The molecule has 3 nitrogen and oxygen atoms in total. The Hall–Kier alpha value is -0.800. The molecule has 1 atom stereocenters. The Morgan fingerprint density at radius 3 is 2.57 bits per heavy atom. The van der Waals surface area contributed by atoms with E-state index in [-0.39, 0.29) is 6.04 Å². The van der Waals surface area contributed by atoms with Gasteiger partial charge in [-0.2, -0.15) is 0 Å². The summed E-state index contributed by atoms with van der Waals surface area (Å²) < 4.78 is 2.52. The van der Waals surface area contributed by atoms with Gasteiger partial charge in [0.25, 0.3) is 0 Å². The molecular weight excluding hydrogens is 258 g/mol. The molecule has 1 heterocycles. The monoisotopic (exact) mass is 289 g/mol. The minimum Gasteiger partial charge on any atom is -0.349 e. The third kappa shape index (κ3) is 2.66. The van der Waals surface area contributed by atoms with Gasteiger partial charge in [-0.3, -0.25) is 0 Å². The molecule has 3 rings (SSSR count). The van der Waals surface area contributed by atoms with E-state index in [1.54, 1.807) is 0 Å². The van der Waals surface area contributed by atoms with E-state index in [2.05, 4.69) is 49.7 Å². The number of aromatic nitrogens is 1. The van der Waals surface area contributed by atoms with Crippen molar-refractivity contribution in [1.82, 2.24) is 9.47 Å². The van der Waals surface area contributed by atoms with Gasteiger partial charge in [0, 0.05) is 30.0 Å². The molecule has 1 fully saturated rings. The maximum absolute atomic E-state index is 6.41. The highest BCUT2D eigenvalue weighted by atomic mass is 15.2. The number of hydrogen-bond donors (Lipinski definition) is 1. The summed E-state index contributed by atoms with van der Waals surface area (Å²) in [4.78, 5) is 2.46. The third-order valence-electron chi connectivity index (χ3n) is 5.88. The van der Waals surface area contributed by atoms with Crippen molar-refractivity contribution < 1.29 is 0 Å². The first kappa shape index (κ1) is 15.1. The predicted octanol–water partition coefficient (Wildman–Crippen LogP) is 3.33. The highest BCUT2D eigenvalue weighted by molar-refractivity contribution is 5.30. The zero-order valence-electron chi connectivity index (χ0n) is 14.2. The van der Waals surface area contributed by atoms with Crippen molar-refractivity contribution in [1.29, 1.82) is 0 Å². The average Bonchev–Trinajstić information content (AvgIpc) is 2.97. The molecule has 0 spiro atoms. The molecule has 1 aromatic rings. The highest BCUT2D eigenvalue weighted by Crippen LogP contribution is 2.42. The summed E-state index contributed by atoms with van der Waals surface area (Å²) in [6, 6.07) is 2.48. The van der Waals surface area contributed by atoms with Crippen LogP contribution in [0.25, 0.3) is 0 Å². The van der Waals surface area contributed by atoms with Gasteiger partial charge in [-0.1, -0.05) is 26.7 Å². The van der Waals surface area contributed by atoms with Crippen LogP contribution in [0.1, 0.15) is 63.3 Å². The van der Waals surface area contributed by atoms with Crippen LogP contribution >= 0.6 is 0 Å². The van der Waals surface area contributed by atoms with E-state index in [0.717, 1.165) is 19.4 Å². The van der Waals surface area contributed by atoms with E-state index in [4.69, 9.17) is 5.73 Å². The number of fused-ring (bicyclic) bond motifs is 1. The van der Waals surface area contributed by atoms with Crippen LogP contribution in [0.5, 0.6) is 0 Å². The second-order valence-corrected chi connectivity index (χ2v) is 8.32. The maximum atomic E-state index is 6.41.